The van der Waals surface area contributed by atoms with Gasteiger partial charge in [-0.1, -0.05) is 0 Å². The van der Waals surface area contributed by atoms with Crippen molar-refractivity contribution in [2.45, 2.75) is 6.92 Å². The number of phenols is 1. The molecule has 3 rings (SSSR count). The molecule has 0 atom stereocenters. The van der Waals surface area contributed by atoms with Crippen molar-refractivity contribution < 1.29 is 14.6 Å². The van der Waals surface area contributed by atoms with Gasteiger partial charge in [-0.3, -0.25) is 4.79 Å². The fourth-order valence-corrected chi connectivity index (χ4v) is 1.59. The monoisotopic (exact) mass is 259 g/mol. The topological polar surface area (TPSA) is 83.6 Å². The molecule has 0 amide bonds. The molecular weight excluding hydrogens is 246 g/mol. The van der Waals surface area contributed by atoms with Gasteiger partial charge in [-0.2, -0.15) is 0 Å². The summed E-state index contributed by atoms with van der Waals surface area (Å²) >= 11 is 0. The number of fused-ring (bicyclic) bond motifs is 2. The average Bonchev–Trinajstić information content (AvgIpc) is 2.37. The molecule has 2 aliphatic rings. The molecule has 5 nitrogen and oxygen atoms in total. The largest absolute Gasteiger partial charge is 0.508 e. The predicted octanol–water partition coefficient (Wildman–Crippen LogP) is 2.00. The molecule has 0 saturated carbocycles. The SMILES string of the molecule is CCO.O=c1ccc2nc3ccc(O)cc3oc-2c1. The molecule has 0 unspecified atom stereocenters. The summed E-state index contributed by atoms with van der Waals surface area (Å²) in [6.07, 6.45) is 0. The van der Waals surface area contributed by atoms with Crippen molar-refractivity contribution in [1.82, 2.24) is 4.98 Å². The van der Waals surface area contributed by atoms with Crippen molar-refractivity contribution >= 4 is 11.1 Å². The first-order valence-corrected chi connectivity index (χ1v) is 5.78. The maximum absolute atomic E-state index is 11.1. The van der Waals surface area contributed by atoms with Crippen LogP contribution in [0.1, 0.15) is 6.92 Å². The number of phenolic OH excluding ortho intramolecular Hbond substituents is 1. The minimum Gasteiger partial charge on any atom is -0.508 e. The molecule has 98 valence electrons. The van der Waals surface area contributed by atoms with Crippen LogP contribution in [0.3, 0.4) is 0 Å². The van der Waals surface area contributed by atoms with Gasteiger partial charge in [0.25, 0.3) is 0 Å². The van der Waals surface area contributed by atoms with Crippen LogP contribution in [0.25, 0.3) is 22.6 Å². The van der Waals surface area contributed by atoms with E-state index in [0.717, 1.165) is 0 Å². The molecular formula is C14H13NO4. The predicted molar refractivity (Wildman–Crippen MR) is 71.3 cm³/mol. The van der Waals surface area contributed by atoms with Gasteiger partial charge in [0.2, 0.25) is 0 Å². The molecule has 5 heteroatoms. The number of hydrogen-bond acceptors (Lipinski definition) is 5. The Kier molecular flexibility index (Phi) is 3.77. The maximum atomic E-state index is 11.1. The smallest absolute Gasteiger partial charge is 0.182 e. The Morgan fingerprint density at radius 2 is 1.95 bits per heavy atom. The standard InChI is InChI=1S/C12H7NO3.C2H6O/c14-7-1-3-9-11(5-7)16-12-6-8(15)2-4-10(12)13-9;1-2-3/h1-6,14H;3H,2H2,1H3. The number of aliphatic hydroxyl groups excluding tert-OH is 1. The summed E-state index contributed by atoms with van der Waals surface area (Å²) in [5.41, 5.74) is 1.59. The van der Waals surface area contributed by atoms with E-state index < -0.39 is 0 Å². The minimum absolute atomic E-state index is 0.107. The van der Waals surface area contributed by atoms with Crippen molar-refractivity contribution in [1.29, 1.82) is 0 Å². The Hall–Kier alpha value is -2.40. The molecule has 0 saturated heterocycles. The molecule has 0 radical (unpaired) electrons. The van der Waals surface area contributed by atoms with Crippen molar-refractivity contribution in [2.24, 2.45) is 0 Å². The first-order valence-electron chi connectivity index (χ1n) is 5.78. The number of rotatable bonds is 0. The molecule has 0 fully saturated rings. The van der Waals surface area contributed by atoms with Gasteiger partial charge in [-0.25, -0.2) is 4.98 Å². The Morgan fingerprint density at radius 3 is 2.68 bits per heavy atom. The molecule has 1 aliphatic heterocycles. The van der Waals surface area contributed by atoms with Crippen LogP contribution in [0.4, 0.5) is 0 Å². The Morgan fingerprint density at radius 1 is 1.21 bits per heavy atom. The summed E-state index contributed by atoms with van der Waals surface area (Å²) in [4.78, 5) is 15.5. The van der Waals surface area contributed by atoms with Crippen LogP contribution >= 0.6 is 0 Å². The van der Waals surface area contributed by atoms with Crippen LogP contribution in [0.5, 0.6) is 5.75 Å². The van der Waals surface area contributed by atoms with Crippen molar-refractivity contribution in [2.75, 3.05) is 6.61 Å². The van der Waals surface area contributed by atoms with Gasteiger partial charge >= 0.3 is 0 Å². The van der Waals surface area contributed by atoms with Gasteiger partial charge in [0, 0.05) is 18.7 Å². The summed E-state index contributed by atoms with van der Waals surface area (Å²) in [5, 5.41) is 16.9. The third-order valence-electron chi connectivity index (χ3n) is 2.34. The van der Waals surface area contributed by atoms with E-state index in [4.69, 9.17) is 9.52 Å². The van der Waals surface area contributed by atoms with E-state index in [-0.39, 0.29) is 17.8 Å². The van der Waals surface area contributed by atoms with Crippen LogP contribution in [0.2, 0.25) is 0 Å². The van der Waals surface area contributed by atoms with Gasteiger partial charge in [0.05, 0.1) is 0 Å². The second-order valence-electron chi connectivity index (χ2n) is 3.81. The summed E-state index contributed by atoms with van der Waals surface area (Å²) in [5.74, 6) is 0.529. The highest BCUT2D eigenvalue weighted by atomic mass is 16.3. The quantitative estimate of drug-likeness (QED) is 0.603. The molecule has 1 aromatic carbocycles. The summed E-state index contributed by atoms with van der Waals surface area (Å²) in [6.45, 7) is 1.93. The molecule has 1 aromatic rings. The number of hydrogen-bond donors (Lipinski definition) is 2. The van der Waals surface area contributed by atoms with Crippen LogP contribution in [0, 0.1) is 0 Å². The van der Waals surface area contributed by atoms with Gasteiger partial charge in [0.1, 0.15) is 17.0 Å². The highest BCUT2D eigenvalue weighted by molar-refractivity contribution is 5.77. The molecule has 0 aromatic heterocycles. The van der Waals surface area contributed by atoms with E-state index in [1.165, 1.54) is 18.2 Å². The Labute approximate surface area is 109 Å². The van der Waals surface area contributed by atoms with E-state index in [1.54, 1.807) is 25.1 Å². The Balaban J connectivity index is 0.000000408. The first kappa shape index (κ1) is 13.0. The van der Waals surface area contributed by atoms with Crippen LogP contribution in [0.15, 0.2) is 45.6 Å². The van der Waals surface area contributed by atoms with Crippen molar-refractivity contribution in [3.05, 3.63) is 46.6 Å². The molecule has 0 bridgehead atoms. The van der Waals surface area contributed by atoms with Crippen LogP contribution in [-0.4, -0.2) is 21.8 Å². The average molecular weight is 259 g/mol. The normalized spacial score (nSPS) is 10.2. The van der Waals surface area contributed by atoms with Crippen molar-refractivity contribution in [3.63, 3.8) is 0 Å². The van der Waals surface area contributed by atoms with E-state index in [0.29, 0.717) is 22.6 Å². The van der Waals surface area contributed by atoms with Gasteiger partial charge in [-0.15, -0.1) is 0 Å². The van der Waals surface area contributed by atoms with Crippen LogP contribution < -0.4 is 5.43 Å². The zero-order valence-corrected chi connectivity index (χ0v) is 10.3. The number of aliphatic hydroxyl groups is 1. The third kappa shape index (κ3) is 2.89. The lowest BCUT2D eigenvalue weighted by Gasteiger charge is -2.05. The van der Waals surface area contributed by atoms with Crippen LogP contribution in [-0.2, 0) is 0 Å². The fraction of sp³-hybridized carbons (Fsp3) is 0.143. The van der Waals surface area contributed by atoms with E-state index in [9.17, 15) is 9.90 Å². The minimum atomic E-state index is -0.127. The summed E-state index contributed by atoms with van der Waals surface area (Å²) < 4.78 is 5.49. The highest BCUT2D eigenvalue weighted by Gasteiger charge is 2.08. The Bertz CT molecular complexity index is 720. The van der Waals surface area contributed by atoms with Gasteiger partial charge in [-0.05, 0) is 31.2 Å². The maximum Gasteiger partial charge on any atom is 0.182 e. The molecule has 1 aliphatic carbocycles. The van der Waals surface area contributed by atoms with E-state index in [2.05, 4.69) is 4.98 Å². The molecule has 0 spiro atoms. The first-order chi connectivity index (χ1) is 9.13. The van der Waals surface area contributed by atoms with Crippen molar-refractivity contribution in [3.8, 4) is 17.2 Å². The second kappa shape index (κ2) is 5.49. The van der Waals surface area contributed by atoms with E-state index >= 15 is 0 Å². The summed E-state index contributed by atoms with van der Waals surface area (Å²) in [7, 11) is 0. The molecule has 2 N–H and O–H groups in total. The summed E-state index contributed by atoms with van der Waals surface area (Å²) in [6, 6.07) is 9.12. The second-order valence-corrected chi connectivity index (χ2v) is 3.81. The fourth-order valence-electron chi connectivity index (χ4n) is 1.59. The number of aromatic hydroxyl groups is 1. The number of nitrogens with zero attached hydrogens (tertiary/aromatic N) is 1. The zero-order valence-electron chi connectivity index (χ0n) is 10.3. The number of benzene rings is 2. The third-order valence-corrected chi connectivity index (χ3v) is 2.34. The van der Waals surface area contributed by atoms with Gasteiger partial charge < -0.3 is 14.6 Å². The lowest BCUT2D eigenvalue weighted by atomic mass is 10.2. The zero-order chi connectivity index (χ0) is 13.8. The molecule has 1 heterocycles. The number of aromatic nitrogens is 1. The lowest BCUT2D eigenvalue weighted by molar-refractivity contribution is 0.318. The molecule has 19 heavy (non-hydrogen) atoms. The van der Waals surface area contributed by atoms with Gasteiger partial charge in [0.15, 0.2) is 16.8 Å². The highest BCUT2D eigenvalue weighted by Crippen LogP contribution is 2.25. The lowest BCUT2D eigenvalue weighted by Crippen LogP contribution is -1.99. The van der Waals surface area contributed by atoms with E-state index in [1.807, 2.05) is 0 Å².